The summed E-state index contributed by atoms with van der Waals surface area (Å²) in [6, 6.07) is 3.58. The average molecular weight is 263 g/mol. The molecule has 0 amide bonds. The summed E-state index contributed by atoms with van der Waals surface area (Å²) < 4.78 is 0. The summed E-state index contributed by atoms with van der Waals surface area (Å²) in [4.78, 5) is 21.8. The molecule has 0 bridgehead atoms. The van der Waals surface area contributed by atoms with Gasteiger partial charge in [0, 0.05) is 24.5 Å². The monoisotopic (exact) mass is 263 g/mol. The smallest absolute Gasteiger partial charge is 0.348 e. The molecule has 18 heavy (non-hydrogen) atoms. The van der Waals surface area contributed by atoms with Crippen LogP contribution in [0.2, 0.25) is 0 Å². The van der Waals surface area contributed by atoms with Crippen molar-refractivity contribution in [2.45, 2.75) is 6.54 Å². The van der Waals surface area contributed by atoms with Gasteiger partial charge in [-0.2, -0.15) is 0 Å². The van der Waals surface area contributed by atoms with E-state index in [2.05, 4.69) is 9.97 Å². The molecule has 6 heteroatoms. The molecule has 0 aliphatic carbocycles. The Morgan fingerprint density at radius 1 is 1.50 bits per heavy atom. The van der Waals surface area contributed by atoms with E-state index in [9.17, 15) is 9.90 Å². The summed E-state index contributed by atoms with van der Waals surface area (Å²) >= 11 is 1.21. The van der Waals surface area contributed by atoms with Gasteiger partial charge in [-0.25, -0.2) is 9.78 Å². The van der Waals surface area contributed by atoms with Crippen molar-refractivity contribution in [3.05, 3.63) is 34.4 Å². The molecule has 0 spiro atoms. The Kier molecular flexibility index (Phi) is 3.69. The van der Waals surface area contributed by atoms with Crippen LogP contribution in [0.15, 0.2) is 24.5 Å². The molecular weight excluding hydrogens is 250 g/mol. The Balaban J connectivity index is 2.45. The maximum atomic E-state index is 11.2. The standard InChI is InChI=1S/C12H13N3O2S/c1-15(2)7-9-14-10(11(18-9)12(16)17)8-4-3-5-13-6-8/h3-6H,7H2,1-2H3,(H,16,17). The van der Waals surface area contributed by atoms with E-state index in [-0.39, 0.29) is 4.88 Å². The fourth-order valence-electron chi connectivity index (χ4n) is 1.55. The van der Waals surface area contributed by atoms with Crippen molar-refractivity contribution in [3.8, 4) is 11.3 Å². The number of carbonyl (C=O) groups is 1. The molecule has 2 heterocycles. The molecule has 0 unspecified atom stereocenters. The molecule has 2 aromatic heterocycles. The molecule has 1 N–H and O–H groups in total. The molecule has 0 radical (unpaired) electrons. The summed E-state index contributed by atoms with van der Waals surface area (Å²) in [7, 11) is 3.84. The minimum absolute atomic E-state index is 0.264. The molecule has 0 aliphatic rings. The van der Waals surface area contributed by atoms with Crippen LogP contribution in [0, 0.1) is 0 Å². The van der Waals surface area contributed by atoms with Gasteiger partial charge in [-0.05, 0) is 26.2 Å². The lowest BCUT2D eigenvalue weighted by atomic mass is 10.2. The number of thiazole rings is 1. The van der Waals surface area contributed by atoms with Crippen LogP contribution in [0.1, 0.15) is 14.7 Å². The summed E-state index contributed by atoms with van der Waals surface area (Å²) in [5, 5.41) is 10.00. The highest BCUT2D eigenvalue weighted by Gasteiger charge is 2.18. The Labute approximate surface area is 109 Å². The maximum Gasteiger partial charge on any atom is 0.348 e. The third-order valence-electron chi connectivity index (χ3n) is 2.25. The first-order chi connectivity index (χ1) is 8.58. The predicted molar refractivity (Wildman–Crippen MR) is 69.7 cm³/mol. The first kappa shape index (κ1) is 12.7. The minimum Gasteiger partial charge on any atom is -0.477 e. The van der Waals surface area contributed by atoms with Crippen molar-refractivity contribution in [1.82, 2.24) is 14.9 Å². The number of carboxylic acids is 1. The molecule has 0 fully saturated rings. The third-order valence-corrected chi connectivity index (χ3v) is 3.28. The lowest BCUT2D eigenvalue weighted by Gasteiger charge is -2.04. The van der Waals surface area contributed by atoms with Gasteiger partial charge in [-0.1, -0.05) is 0 Å². The van der Waals surface area contributed by atoms with Crippen LogP contribution in [0.4, 0.5) is 0 Å². The minimum atomic E-state index is -0.948. The fraction of sp³-hybridized carbons (Fsp3) is 0.250. The Bertz CT molecular complexity index is 552. The average Bonchev–Trinajstić information content (AvgIpc) is 2.73. The maximum absolute atomic E-state index is 11.2. The van der Waals surface area contributed by atoms with E-state index < -0.39 is 5.97 Å². The lowest BCUT2D eigenvalue weighted by Crippen LogP contribution is -2.10. The molecule has 2 aromatic rings. The molecule has 0 atom stereocenters. The van der Waals surface area contributed by atoms with Crippen molar-refractivity contribution in [1.29, 1.82) is 0 Å². The Morgan fingerprint density at radius 2 is 2.28 bits per heavy atom. The molecule has 0 aliphatic heterocycles. The number of rotatable bonds is 4. The van der Waals surface area contributed by atoms with Gasteiger partial charge in [0.05, 0.1) is 5.69 Å². The normalized spacial score (nSPS) is 10.8. The van der Waals surface area contributed by atoms with Crippen LogP contribution >= 0.6 is 11.3 Å². The number of aromatic carboxylic acids is 1. The topological polar surface area (TPSA) is 66.3 Å². The zero-order chi connectivity index (χ0) is 13.1. The van der Waals surface area contributed by atoms with E-state index in [1.807, 2.05) is 25.1 Å². The van der Waals surface area contributed by atoms with Crippen LogP contribution in [0.5, 0.6) is 0 Å². The van der Waals surface area contributed by atoms with Crippen molar-refractivity contribution >= 4 is 17.3 Å². The van der Waals surface area contributed by atoms with Crippen molar-refractivity contribution in [2.24, 2.45) is 0 Å². The molecule has 0 saturated heterocycles. The van der Waals surface area contributed by atoms with Crippen LogP contribution in [-0.4, -0.2) is 40.0 Å². The molecule has 94 valence electrons. The predicted octanol–water partition coefficient (Wildman–Crippen LogP) is 1.96. The van der Waals surface area contributed by atoms with Crippen molar-refractivity contribution in [3.63, 3.8) is 0 Å². The number of hydrogen-bond acceptors (Lipinski definition) is 5. The van der Waals surface area contributed by atoms with Gasteiger partial charge in [0.25, 0.3) is 0 Å². The van der Waals surface area contributed by atoms with E-state index in [0.29, 0.717) is 12.2 Å². The molecule has 0 aromatic carbocycles. The highest BCUT2D eigenvalue weighted by molar-refractivity contribution is 7.14. The highest BCUT2D eigenvalue weighted by atomic mass is 32.1. The fourth-order valence-corrected chi connectivity index (χ4v) is 2.59. The van der Waals surface area contributed by atoms with Gasteiger partial charge in [-0.3, -0.25) is 4.98 Å². The van der Waals surface area contributed by atoms with Gasteiger partial charge >= 0.3 is 5.97 Å². The number of nitrogens with zero attached hydrogens (tertiary/aromatic N) is 3. The number of hydrogen-bond donors (Lipinski definition) is 1. The first-order valence-electron chi connectivity index (χ1n) is 5.36. The van der Waals surface area contributed by atoms with E-state index in [0.717, 1.165) is 10.6 Å². The van der Waals surface area contributed by atoms with Gasteiger partial charge in [0.15, 0.2) is 0 Å². The van der Waals surface area contributed by atoms with Gasteiger partial charge in [0.2, 0.25) is 0 Å². The molecule has 0 saturated carbocycles. The quantitative estimate of drug-likeness (QED) is 0.913. The first-order valence-corrected chi connectivity index (χ1v) is 6.17. The third kappa shape index (κ3) is 2.72. The van der Waals surface area contributed by atoms with Gasteiger partial charge < -0.3 is 10.0 Å². The Hall–Kier alpha value is -1.79. The molecule has 5 nitrogen and oxygen atoms in total. The van der Waals surface area contributed by atoms with Crippen LogP contribution in [-0.2, 0) is 6.54 Å². The van der Waals surface area contributed by atoms with E-state index in [1.54, 1.807) is 18.5 Å². The summed E-state index contributed by atoms with van der Waals surface area (Å²) in [5.74, 6) is -0.948. The van der Waals surface area contributed by atoms with Crippen LogP contribution < -0.4 is 0 Å². The number of pyridine rings is 1. The molecule has 2 rings (SSSR count). The van der Waals surface area contributed by atoms with E-state index in [4.69, 9.17) is 0 Å². The van der Waals surface area contributed by atoms with E-state index >= 15 is 0 Å². The second kappa shape index (κ2) is 5.24. The summed E-state index contributed by atoms with van der Waals surface area (Å²) in [6.45, 7) is 0.630. The highest BCUT2D eigenvalue weighted by Crippen LogP contribution is 2.28. The lowest BCUT2D eigenvalue weighted by molar-refractivity contribution is 0.0702. The zero-order valence-electron chi connectivity index (χ0n) is 10.1. The summed E-state index contributed by atoms with van der Waals surface area (Å²) in [6.07, 6.45) is 3.28. The van der Waals surface area contributed by atoms with Crippen molar-refractivity contribution < 1.29 is 9.90 Å². The Morgan fingerprint density at radius 3 is 2.83 bits per heavy atom. The number of aromatic nitrogens is 2. The SMILES string of the molecule is CN(C)Cc1nc(-c2cccnc2)c(C(=O)O)s1. The molecular formula is C12H13N3O2S. The van der Waals surface area contributed by atoms with Gasteiger partial charge in [0.1, 0.15) is 9.88 Å². The van der Waals surface area contributed by atoms with E-state index in [1.165, 1.54) is 11.3 Å². The summed E-state index contributed by atoms with van der Waals surface area (Å²) in [5.41, 5.74) is 1.23. The largest absolute Gasteiger partial charge is 0.477 e. The second-order valence-electron chi connectivity index (χ2n) is 4.07. The van der Waals surface area contributed by atoms with Gasteiger partial charge in [-0.15, -0.1) is 11.3 Å². The van der Waals surface area contributed by atoms with Crippen molar-refractivity contribution in [2.75, 3.05) is 14.1 Å². The van der Waals surface area contributed by atoms with Crippen LogP contribution in [0.25, 0.3) is 11.3 Å². The van der Waals surface area contributed by atoms with Crippen LogP contribution in [0.3, 0.4) is 0 Å². The zero-order valence-corrected chi connectivity index (χ0v) is 10.9. The second-order valence-corrected chi connectivity index (χ2v) is 5.15. The number of carboxylic acid groups (broad SMARTS) is 1.